The standard InChI is InChI=1S/C17H13ClN2O3S/c18-12-3-1-11(2-4-12)17-19-16(20-23-17)10-24-13-5-6-14-15(9-13)22-8-7-21-14/h1-6,9H,7-8,10H2. The van der Waals surface area contributed by atoms with Gasteiger partial charge in [-0.3, -0.25) is 0 Å². The van der Waals surface area contributed by atoms with Gasteiger partial charge in [-0.2, -0.15) is 4.98 Å². The van der Waals surface area contributed by atoms with Crippen molar-refractivity contribution in [2.75, 3.05) is 13.2 Å². The molecule has 2 aromatic carbocycles. The lowest BCUT2D eigenvalue weighted by Crippen LogP contribution is -2.15. The molecule has 0 saturated carbocycles. The van der Waals surface area contributed by atoms with Gasteiger partial charge in [0.15, 0.2) is 17.3 Å². The molecule has 1 aliphatic rings. The highest BCUT2D eigenvalue weighted by molar-refractivity contribution is 7.98. The zero-order valence-electron chi connectivity index (χ0n) is 12.6. The second-order valence-corrected chi connectivity index (χ2v) is 6.60. The van der Waals surface area contributed by atoms with Gasteiger partial charge in [0.25, 0.3) is 5.89 Å². The van der Waals surface area contributed by atoms with Gasteiger partial charge in [0.2, 0.25) is 0 Å². The minimum atomic E-state index is 0.490. The van der Waals surface area contributed by atoms with Gasteiger partial charge in [-0.25, -0.2) is 0 Å². The molecule has 7 heteroatoms. The summed E-state index contributed by atoms with van der Waals surface area (Å²) >= 11 is 7.50. The van der Waals surface area contributed by atoms with Crippen LogP contribution in [0.1, 0.15) is 5.82 Å². The maximum Gasteiger partial charge on any atom is 0.257 e. The molecule has 0 spiro atoms. The molecule has 1 aromatic heterocycles. The molecule has 0 radical (unpaired) electrons. The van der Waals surface area contributed by atoms with Gasteiger partial charge in [0.1, 0.15) is 13.2 Å². The third-order valence-corrected chi connectivity index (χ3v) is 4.68. The first-order valence-electron chi connectivity index (χ1n) is 7.39. The van der Waals surface area contributed by atoms with Gasteiger partial charge in [-0.1, -0.05) is 16.8 Å². The largest absolute Gasteiger partial charge is 0.486 e. The minimum Gasteiger partial charge on any atom is -0.486 e. The van der Waals surface area contributed by atoms with Crippen molar-refractivity contribution in [3.63, 3.8) is 0 Å². The molecule has 2 heterocycles. The number of ether oxygens (including phenoxy) is 2. The van der Waals surface area contributed by atoms with E-state index in [0.29, 0.717) is 35.7 Å². The van der Waals surface area contributed by atoms with E-state index in [2.05, 4.69) is 10.1 Å². The third kappa shape index (κ3) is 3.34. The molecule has 0 aliphatic carbocycles. The molecular weight excluding hydrogens is 348 g/mol. The fraction of sp³-hybridized carbons (Fsp3) is 0.176. The Bertz CT molecular complexity index is 851. The number of thioether (sulfide) groups is 1. The van der Waals surface area contributed by atoms with Gasteiger partial charge in [-0.05, 0) is 42.5 Å². The molecule has 0 unspecified atom stereocenters. The molecule has 0 bridgehead atoms. The van der Waals surface area contributed by atoms with Gasteiger partial charge in [-0.15, -0.1) is 11.8 Å². The summed E-state index contributed by atoms with van der Waals surface area (Å²) < 4.78 is 16.4. The number of benzene rings is 2. The lowest BCUT2D eigenvalue weighted by Gasteiger charge is -2.18. The molecule has 1 aliphatic heterocycles. The van der Waals surface area contributed by atoms with Crippen molar-refractivity contribution < 1.29 is 14.0 Å². The van der Waals surface area contributed by atoms with Gasteiger partial charge >= 0.3 is 0 Å². The van der Waals surface area contributed by atoms with E-state index in [1.165, 1.54) is 0 Å². The predicted molar refractivity (Wildman–Crippen MR) is 91.7 cm³/mol. The van der Waals surface area contributed by atoms with Crippen LogP contribution in [0, 0.1) is 0 Å². The quantitative estimate of drug-likeness (QED) is 0.640. The Morgan fingerprint density at radius 2 is 1.79 bits per heavy atom. The summed E-state index contributed by atoms with van der Waals surface area (Å²) in [4.78, 5) is 5.48. The maximum absolute atomic E-state index is 5.88. The lowest BCUT2D eigenvalue weighted by atomic mass is 10.2. The molecule has 0 atom stereocenters. The van der Waals surface area contributed by atoms with Crippen LogP contribution < -0.4 is 9.47 Å². The number of halogens is 1. The van der Waals surface area contributed by atoms with E-state index < -0.39 is 0 Å². The molecule has 3 aromatic rings. The van der Waals surface area contributed by atoms with Crippen LogP contribution in [0.2, 0.25) is 5.02 Å². The first kappa shape index (κ1) is 15.4. The van der Waals surface area contributed by atoms with Gasteiger partial charge < -0.3 is 14.0 Å². The van der Waals surface area contributed by atoms with E-state index >= 15 is 0 Å². The molecule has 24 heavy (non-hydrogen) atoms. The lowest BCUT2D eigenvalue weighted by molar-refractivity contribution is 0.171. The van der Waals surface area contributed by atoms with Gasteiger partial charge in [0.05, 0.1) is 5.75 Å². The number of fused-ring (bicyclic) bond motifs is 1. The minimum absolute atomic E-state index is 0.490. The van der Waals surface area contributed by atoms with Crippen molar-refractivity contribution >= 4 is 23.4 Å². The zero-order chi connectivity index (χ0) is 16.4. The van der Waals surface area contributed by atoms with Crippen LogP contribution in [0.15, 0.2) is 51.9 Å². The summed E-state index contributed by atoms with van der Waals surface area (Å²) in [5.74, 6) is 3.30. The van der Waals surface area contributed by atoms with Crippen LogP contribution in [-0.2, 0) is 5.75 Å². The van der Waals surface area contributed by atoms with Crippen LogP contribution in [0.25, 0.3) is 11.5 Å². The van der Waals surface area contributed by atoms with Gasteiger partial charge in [0, 0.05) is 15.5 Å². The van der Waals surface area contributed by atoms with Crippen LogP contribution in [0.3, 0.4) is 0 Å². The average molecular weight is 361 g/mol. The monoisotopic (exact) mass is 360 g/mol. The molecule has 0 fully saturated rings. The SMILES string of the molecule is Clc1ccc(-c2nc(CSc3ccc4c(c3)OCCO4)no2)cc1. The average Bonchev–Trinajstić information content (AvgIpc) is 3.09. The predicted octanol–water partition coefficient (Wildman–Crippen LogP) is 4.45. The highest BCUT2D eigenvalue weighted by Crippen LogP contribution is 2.35. The molecule has 4 rings (SSSR count). The summed E-state index contributed by atoms with van der Waals surface area (Å²) in [5, 5.41) is 4.70. The van der Waals surface area contributed by atoms with Crippen molar-refractivity contribution in [3.8, 4) is 23.0 Å². The number of rotatable bonds is 4. The summed E-state index contributed by atoms with van der Waals surface area (Å²) in [5.41, 5.74) is 0.850. The Kier molecular flexibility index (Phi) is 4.32. The smallest absolute Gasteiger partial charge is 0.257 e. The maximum atomic E-state index is 5.88. The number of hydrogen-bond acceptors (Lipinski definition) is 6. The molecular formula is C17H13ClN2O3S. The Morgan fingerprint density at radius 1 is 1.00 bits per heavy atom. The Labute approximate surface area is 147 Å². The molecule has 0 N–H and O–H groups in total. The number of nitrogens with zero attached hydrogens (tertiary/aromatic N) is 2. The van der Waals surface area contributed by atoms with Crippen molar-refractivity contribution in [2.45, 2.75) is 10.6 Å². The first-order valence-corrected chi connectivity index (χ1v) is 8.75. The van der Waals surface area contributed by atoms with E-state index in [9.17, 15) is 0 Å². The van der Waals surface area contributed by atoms with Crippen molar-refractivity contribution in [1.29, 1.82) is 0 Å². The fourth-order valence-electron chi connectivity index (χ4n) is 2.28. The molecule has 0 amide bonds. The topological polar surface area (TPSA) is 57.4 Å². The van der Waals surface area contributed by atoms with Crippen LogP contribution in [0.5, 0.6) is 11.5 Å². The summed E-state index contributed by atoms with van der Waals surface area (Å²) in [7, 11) is 0. The number of hydrogen-bond donors (Lipinski definition) is 0. The first-order chi connectivity index (χ1) is 11.8. The summed E-state index contributed by atoms with van der Waals surface area (Å²) in [6, 6.07) is 13.2. The number of aromatic nitrogens is 2. The molecule has 5 nitrogen and oxygen atoms in total. The van der Waals surface area contributed by atoms with Crippen molar-refractivity contribution in [1.82, 2.24) is 10.1 Å². The summed E-state index contributed by atoms with van der Waals surface area (Å²) in [6.07, 6.45) is 0. The Morgan fingerprint density at radius 3 is 2.62 bits per heavy atom. The van der Waals surface area contributed by atoms with Crippen LogP contribution in [-0.4, -0.2) is 23.4 Å². The highest BCUT2D eigenvalue weighted by Gasteiger charge is 2.13. The Hall–Kier alpha value is -2.18. The summed E-state index contributed by atoms with van der Waals surface area (Å²) in [6.45, 7) is 1.17. The second-order valence-electron chi connectivity index (χ2n) is 5.12. The second kappa shape index (κ2) is 6.75. The van der Waals surface area contributed by atoms with Crippen molar-refractivity contribution in [2.24, 2.45) is 0 Å². The van der Waals surface area contributed by atoms with Crippen LogP contribution >= 0.6 is 23.4 Å². The van der Waals surface area contributed by atoms with E-state index in [-0.39, 0.29) is 0 Å². The van der Waals surface area contributed by atoms with E-state index in [1.807, 2.05) is 30.3 Å². The van der Waals surface area contributed by atoms with Crippen molar-refractivity contribution in [3.05, 3.63) is 53.3 Å². The third-order valence-electron chi connectivity index (χ3n) is 3.44. The normalized spacial score (nSPS) is 13.0. The van der Waals surface area contributed by atoms with E-state index in [0.717, 1.165) is 22.0 Å². The zero-order valence-corrected chi connectivity index (χ0v) is 14.1. The highest BCUT2D eigenvalue weighted by atomic mass is 35.5. The fourth-order valence-corrected chi connectivity index (χ4v) is 3.18. The molecule has 0 saturated heterocycles. The van der Waals surface area contributed by atoms with E-state index in [1.54, 1.807) is 23.9 Å². The van der Waals surface area contributed by atoms with E-state index in [4.69, 9.17) is 25.6 Å². The van der Waals surface area contributed by atoms with Crippen LogP contribution in [0.4, 0.5) is 0 Å². The Balaban J connectivity index is 1.44. The molecule has 122 valence electrons.